The highest BCUT2D eigenvalue weighted by atomic mass is 35.5. The molecule has 122 valence electrons. The number of halogens is 3. The second-order valence-corrected chi connectivity index (χ2v) is 6.17. The van der Waals surface area contributed by atoms with Gasteiger partial charge in [-0.25, -0.2) is 0 Å². The normalized spacial score (nSPS) is 10.5. The molecule has 0 radical (unpaired) electrons. The molecule has 0 aliphatic heterocycles. The topological polar surface area (TPSA) is 62.7 Å². The third-order valence-corrected chi connectivity index (χ3v) is 3.89. The lowest BCUT2D eigenvalue weighted by atomic mass is 10.2. The number of benzene rings is 2. The maximum absolute atomic E-state index is 6.12. The Morgan fingerprint density at radius 1 is 0.958 bits per heavy atom. The number of hydrogen-bond donors (Lipinski definition) is 2. The quantitative estimate of drug-likeness (QED) is 0.638. The first-order chi connectivity index (χ1) is 11.6. The van der Waals surface area contributed by atoms with Crippen LogP contribution < -0.4 is 10.6 Å². The molecule has 24 heavy (non-hydrogen) atoms. The minimum absolute atomic E-state index is 0.382. The van der Waals surface area contributed by atoms with E-state index in [0.717, 1.165) is 5.56 Å². The average molecular weight is 381 g/mol. The summed E-state index contributed by atoms with van der Waals surface area (Å²) in [6.07, 6.45) is 1.51. The highest BCUT2D eigenvalue weighted by molar-refractivity contribution is 6.35. The molecule has 0 saturated carbocycles. The number of hydrogen-bond acceptors (Lipinski definition) is 5. The highest BCUT2D eigenvalue weighted by Gasteiger charge is 2.04. The zero-order valence-electron chi connectivity index (χ0n) is 12.3. The molecule has 0 fully saturated rings. The minimum Gasteiger partial charge on any atom is -0.349 e. The standard InChI is InChI=1S/C16H12Cl3N5/c17-11-5-12(18)7-13(6-11)22-15-9-21-24-16(23-15)20-8-10-3-1-2-4-14(10)19/h1-7,9H,8H2,(H2,20,22,23,24). The van der Waals surface area contributed by atoms with Crippen LogP contribution in [0.25, 0.3) is 0 Å². The number of nitrogens with zero attached hydrogens (tertiary/aromatic N) is 3. The molecule has 2 aromatic carbocycles. The van der Waals surface area contributed by atoms with Crippen LogP contribution >= 0.6 is 34.8 Å². The van der Waals surface area contributed by atoms with E-state index in [1.54, 1.807) is 18.2 Å². The van der Waals surface area contributed by atoms with Crippen LogP contribution in [0.15, 0.2) is 48.7 Å². The summed E-state index contributed by atoms with van der Waals surface area (Å²) in [4.78, 5) is 4.35. The van der Waals surface area contributed by atoms with Crippen molar-refractivity contribution in [3.8, 4) is 0 Å². The minimum atomic E-state index is 0.382. The van der Waals surface area contributed by atoms with Crippen LogP contribution in [-0.4, -0.2) is 15.2 Å². The monoisotopic (exact) mass is 379 g/mol. The van der Waals surface area contributed by atoms with Crippen LogP contribution in [-0.2, 0) is 6.54 Å². The zero-order chi connectivity index (χ0) is 16.9. The Bertz CT molecular complexity index is 836. The second kappa shape index (κ2) is 7.66. The van der Waals surface area contributed by atoms with Gasteiger partial charge in [0.1, 0.15) is 0 Å². The summed E-state index contributed by atoms with van der Waals surface area (Å²) in [6.45, 7) is 0.494. The molecule has 1 aromatic heterocycles. The van der Waals surface area contributed by atoms with Gasteiger partial charge in [-0.2, -0.15) is 10.1 Å². The second-order valence-electron chi connectivity index (χ2n) is 4.89. The lowest BCUT2D eigenvalue weighted by molar-refractivity contribution is 0.949. The van der Waals surface area contributed by atoms with Gasteiger partial charge in [0, 0.05) is 27.3 Å². The van der Waals surface area contributed by atoms with Crippen molar-refractivity contribution >= 4 is 52.3 Å². The molecule has 0 saturated heterocycles. The van der Waals surface area contributed by atoms with Gasteiger partial charge in [-0.15, -0.1) is 5.10 Å². The number of rotatable bonds is 5. The fourth-order valence-electron chi connectivity index (χ4n) is 2.03. The Kier molecular flexibility index (Phi) is 5.35. The fourth-order valence-corrected chi connectivity index (χ4v) is 2.76. The van der Waals surface area contributed by atoms with Gasteiger partial charge >= 0.3 is 0 Å². The first-order valence-corrected chi connectivity index (χ1v) is 8.14. The molecular formula is C16H12Cl3N5. The molecule has 0 unspecified atom stereocenters. The van der Waals surface area contributed by atoms with Crippen molar-refractivity contribution in [3.05, 3.63) is 69.3 Å². The molecule has 0 aliphatic carbocycles. The van der Waals surface area contributed by atoms with Crippen LogP contribution in [0.3, 0.4) is 0 Å². The average Bonchev–Trinajstić information content (AvgIpc) is 2.53. The Labute approximate surface area is 154 Å². The maximum Gasteiger partial charge on any atom is 0.244 e. The molecule has 3 aromatic rings. The predicted molar refractivity (Wildman–Crippen MR) is 98.4 cm³/mol. The Morgan fingerprint density at radius 3 is 2.46 bits per heavy atom. The smallest absolute Gasteiger partial charge is 0.244 e. The summed E-state index contributed by atoms with van der Waals surface area (Å²) in [6, 6.07) is 12.7. The van der Waals surface area contributed by atoms with Crippen molar-refractivity contribution in [1.82, 2.24) is 15.2 Å². The van der Waals surface area contributed by atoms with Gasteiger partial charge in [0.15, 0.2) is 5.82 Å². The zero-order valence-corrected chi connectivity index (χ0v) is 14.6. The molecule has 1 heterocycles. The van der Waals surface area contributed by atoms with Gasteiger partial charge in [-0.05, 0) is 29.8 Å². The fraction of sp³-hybridized carbons (Fsp3) is 0.0625. The SMILES string of the molecule is Clc1cc(Cl)cc(Nc2cnnc(NCc3ccccc3Cl)n2)c1. The van der Waals surface area contributed by atoms with Crippen LogP contribution in [0, 0.1) is 0 Å². The van der Waals surface area contributed by atoms with Gasteiger partial charge in [0.05, 0.1) is 6.20 Å². The Balaban J connectivity index is 1.71. The van der Waals surface area contributed by atoms with Gasteiger partial charge in [-0.3, -0.25) is 0 Å². The maximum atomic E-state index is 6.12. The molecule has 3 rings (SSSR count). The predicted octanol–water partition coefficient (Wildman–Crippen LogP) is 5.19. The summed E-state index contributed by atoms with van der Waals surface area (Å²) in [5.41, 5.74) is 1.66. The molecule has 0 aliphatic rings. The lowest BCUT2D eigenvalue weighted by Gasteiger charge is -2.09. The molecular weight excluding hydrogens is 369 g/mol. The largest absolute Gasteiger partial charge is 0.349 e. The number of anilines is 3. The Morgan fingerprint density at radius 2 is 1.71 bits per heavy atom. The molecule has 0 bridgehead atoms. The number of nitrogens with one attached hydrogen (secondary N) is 2. The van der Waals surface area contributed by atoms with Crippen LogP contribution in [0.2, 0.25) is 15.1 Å². The van der Waals surface area contributed by atoms with E-state index in [4.69, 9.17) is 34.8 Å². The van der Waals surface area contributed by atoms with E-state index in [1.165, 1.54) is 6.20 Å². The van der Waals surface area contributed by atoms with Crippen LogP contribution in [0.1, 0.15) is 5.56 Å². The van der Waals surface area contributed by atoms with Crippen molar-refractivity contribution < 1.29 is 0 Å². The molecule has 0 atom stereocenters. The molecule has 0 spiro atoms. The summed E-state index contributed by atoms with van der Waals surface area (Å²) < 4.78 is 0. The van der Waals surface area contributed by atoms with Crippen molar-refractivity contribution in [1.29, 1.82) is 0 Å². The Hall–Kier alpha value is -2.08. The van der Waals surface area contributed by atoms with E-state index in [2.05, 4.69) is 25.8 Å². The molecule has 0 amide bonds. The van der Waals surface area contributed by atoms with E-state index >= 15 is 0 Å². The lowest BCUT2D eigenvalue weighted by Crippen LogP contribution is -2.06. The van der Waals surface area contributed by atoms with Gasteiger partial charge in [-0.1, -0.05) is 53.0 Å². The number of aromatic nitrogens is 3. The van der Waals surface area contributed by atoms with Crippen LogP contribution in [0.4, 0.5) is 17.5 Å². The highest BCUT2D eigenvalue weighted by Crippen LogP contribution is 2.24. The third-order valence-electron chi connectivity index (χ3n) is 3.09. The van der Waals surface area contributed by atoms with Crippen molar-refractivity contribution in [3.63, 3.8) is 0 Å². The summed E-state index contributed by atoms with van der Waals surface area (Å²) in [5.74, 6) is 0.901. The van der Waals surface area contributed by atoms with E-state index in [1.807, 2.05) is 24.3 Å². The summed E-state index contributed by atoms with van der Waals surface area (Å²) in [7, 11) is 0. The molecule has 2 N–H and O–H groups in total. The van der Waals surface area contributed by atoms with Gasteiger partial charge < -0.3 is 10.6 Å². The first-order valence-electron chi connectivity index (χ1n) is 7.00. The third kappa shape index (κ3) is 4.47. The summed E-state index contributed by atoms with van der Waals surface area (Å²) in [5, 5.41) is 15.8. The van der Waals surface area contributed by atoms with E-state index in [9.17, 15) is 0 Å². The van der Waals surface area contributed by atoms with Crippen molar-refractivity contribution in [2.75, 3.05) is 10.6 Å². The van der Waals surface area contributed by atoms with Crippen molar-refractivity contribution in [2.45, 2.75) is 6.54 Å². The van der Waals surface area contributed by atoms with Gasteiger partial charge in [0.2, 0.25) is 5.95 Å². The van der Waals surface area contributed by atoms with E-state index in [0.29, 0.717) is 39.1 Å². The van der Waals surface area contributed by atoms with E-state index < -0.39 is 0 Å². The molecule has 5 nitrogen and oxygen atoms in total. The molecule has 8 heteroatoms. The summed E-state index contributed by atoms with van der Waals surface area (Å²) >= 11 is 18.1. The van der Waals surface area contributed by atoms with E-state index in [-0.39, 0.29) is 0 Å². The van der Waals surface area contributed by atoms with Crippen LogP contribution in [0.5, 0.6) is 0 Å². The van der Waals surface area contributed by atoms with Crippen molar-refractivity contribution in [2.24, 2.45) is 0 Å². The van der Waals surface area contributed by atoms with Gasteiger partial charge in [0.25, 0.3) is 0 Å². The first kappa shape index (κ1) is 16.8.